The van der Waals surface area contributed by atoms with Crippen LogP contribution in [0.5, 0.6) is 0 Å². The third-order valence-electron chi connectivity index (χ3n) is 4.84. The molecule has 138 valence electrons. The fourth-order valence-electron chi connectivity index (χ4n) is 3.35. The molecule has 4 heteroatoms. The number of unbranched alkanes of at least 4 members (excludes halogenated alkanes) is 5. The molecule has 0 atom stereocenters. The Kier molecular flexibility index (Phi) is 6.15. The van der Waals surface area contributed by atoms with Crippen LogP contribution in [0.25, 0.3) is 10.9 Å². The Hall–Kier alpha value is -2.07. The molecular formula is C22H27NO2S. The predicted molar refractivity (Wildman–Crippen MR) is 108 cm³/mol. The first-order valence-electron chi connectivity index (χ1n) is 9.53. The van der Waals surface area contributed by atoms with E-state index in [4.69, 9.17) is 0 Å². The van der Waals surface area contributed by atoms with Crippen molar-refractivity contribution >= 4 is 20.9 Å². The van der Waals surface area contributed by atoms with Crippen molar-refractivity contribution < 1.29 is 8.42 Å². The van der Waals surface area contributed by atoms with Gasteiger partial charge in [0.25, 0.3) is 10.0 Å². The number of rotatable bonds is 9. The molecule has 2 aromatic carbocycles. The summed E-state index contributed by atoms with van der Waals surface area (Å²) >= 11 is 0. The first-order valence-corrected chi connectivity index (χ1v) is 11.0. The molecule has 26 heavy (non-hydrogen) atoms. The van der Waals surface area contributed by atoms with Crippen molar-refractivity contribution in [3.05, 3.63) is 66.4 Å². The summed E-state index contributed by atoms with van der Waals surface area (Å²) in [5, 5.41) is 0.930. The van der Waals surface area contributed by atoms with Crippen molar-refractivity contribution in [2.24, 2.45) is 0 Å². The number of para-hydroxylation sites is 1. The average molecular weight is 370 g/mol. The van der Waals surface area contributed by atoms with Crippen LogP contribution in [0, 0.1) is 0 Å². The Morgan fingerprint density at radius 3 is 2.46 bits per heavy atom. The standard InChI is InChI=1S/C22H27NO2S/c1-2-3-4-5-6-7-11-19-12-10-14-21(18-19)26(24,25)23-17-16-20-13-8-9-15-22(20)23/h8-10,12-18H,2-7,11H2,1H3. The lowest BCUT2D eigenvalue weighted by Crippen LogP contribution is -2.12. The minimum atomic E-state index is -3.57. The highest BCUT2D eigenvalue weighted by atomic mass is 32.2. The summed E-state index contributed by atoms with van der Waals surface area (Å²) in [6.07, 6.45) is 10.0. The highest BCUT2D eigenvalue weighted by Crippen LogP contribution is 2.23. The minimum absolute atomic E-state index is 0.363. The van der Waals surface area contributed by atoms with E-state index in [0.29, 0.717) is 10.4 Å². The van der Waals surface area contributed by atoms with Gasteiger partial charge in [-0.3, -0.25) is 0 Å². The van der Waals surface area contributed by atoms with Crippen LogP contribution in [0.2, 0.25) is 0 Å². The molecule has 0 amide bonds. The molecule has 1 heterocycles. The smallest absolute Gasteiger partial charge is 0.241 e. The van der Waals surface area contributed by atoms with E-state index in [-0.39, 0.29) is 0 Å². The van der Waals surface area contributed by atoms with Crippen LogP contribution in [-0.4, -0.2) is 12.4 Å². The van der Waals surface area contributed by atoms with Gasteiger partial charge in [0, 0.05) is 11.6 Å². The third-order valence-corrected chi connectivity index (χ3v) is 6.52. The van der Waals surface area contributed by atoms with E-state index in [0.717, 1.165) is 23.8 Å². The molecule has 0 saturated heterocycles. The second-order valence-corrected chi connectivity index (χ2v) is 8.66. The van der Waals surface area contributed by atoms with Gasteiger partial charge in [-0.25, -0.2) is 12.4 Å². The van der Waals surface area contributed by atoms with Crippen molar-refractivity contribution in [3.63, 3.8) is 0 Å². The molecule has 0 unspecified atom stereocenters. The lowest BCUT2D eigenvalue weighted by molar-refractivity contribution is 0.588. The molecule has 0 saturated carbocycles. The van der Waals surface area contributed by atoms with Crippen LogP contribution in [0.4, 0.5) is 0 Å². The van der Waals surface area contributed by atoms with E-state index < -0.39 is 10.0 Å². The summed E-state index contributed by atoms with van der Waals surface area (Å²) in [6, 6.07) is 16.8. The number of aryl methyl sites for hydroxylation is 1. The van der Waals surface area contributed by atoms with E-state index in [2.05, 4.69) is 6.92 Å². The summed E-state index contributed by atoms with van der Waals surface area (Å²) in [5.41, 5.74) is 1.81. The molecule has 0 aliphatic carbocycles. The van der Waals surface area contributed by atoms with Gasteiger partial charge in [0.2, 0.25) is 0 Å². The molecule has 3 nitrogen and oxygen atoms in total. The van der Waals surface area contributed by atoms with Gasteiger partial charge < -0.3 is 0 Å². The van der Waals surface area contributed by atoms with Gasteiger partial charge >= 0.3 is 0 Å². The molecule has 0 radical (unpaired) electrons. The molecule has 3 aromatic rings. The maximum atomic E-state index is 13.1. The van der Waals surface area contributed by atoms with Crippen LogP contribution < -0.4 is 0 Å². The molecule has 3 rings (SSSR count). The van der Waals surface area contributed by atoms with Crippen LogP contribution >= 0.6 is 0 Å². The van der Waals surface area contributed by atoms with Gasteiger partial charge in [-0.15, -0.1) is 0 Å². The van der Waals surface area contributed by atoms with Crippen LogP contribution in [0.1, 0.15) is 51.0 Å². The highest BCUT2D eigenvalue weighted by molar-refractivity contribution is 7.90. The zero-order chi connectivity index (χ0) is 18.4. The Bertz CT molecular complexity index is 957. The lowest BCUT2D eigenvalue weighted by Gasteiger charge is -2.09. The van der Waals surface area contributed by atoms with Gasteiger partial charge in [0.1, 0.15) is 0 Å². The predicted octanol–water partition coefficient (Wildman–Crippen LogP) is 5.78. The van der Waals surface area contributed by atoms with E-state index in [1.165, 1.54) is 36.1 Å². The van der Waals surface area contributed by atoms with E-state index in [9.17, 15) is 8.42 Å². The summed E-state index contributed by atoms with van der Waals surface area (Å²) in [5.74, 6) is 0. The summed E-state index contributed by atoms with van der Waals surface area (Å²) in [6.45, 7) is 2.22. The van der Waals surface area contributed by atoms with Crippen LogP contribution in [0.15, 0.2) is 65.7 Å². The second-order valence-electron chi connectivity index (χ2n) is 6.84. The van der Waals surface area contributed by atoms with E-state index in [1.54, 1.807) is 12.3 Å². The van der Waals surface area contributed by atoms with Gasteiger partial charge in [0.15, 0.2) is 0 Å². The number of nitrogens with zero attached hydrogens (tertiary/aromatic N) is 1. The van der Waals surface area contributed by atoms with Gasteiger partial charge in [-0.2, -0.15) is 0 Å². The molecule has 0 aliphatic rings. The number of benzene rings is 2. The molecule has 1 aromatic heterocycles. The first kappa shape index (κ1) is 18.7. The zero-order valence-electron chi connectivity index (χ0n) is 15.4. The fourth-order valence-corrected chi connectivity index (χ4v) is 4.78. The molecular weight excluding hydrogens is 342 g/mol. The molecule has 0 fully saturated rings. The summed E-state index contributed by atoms with van der Waals surface area (Å²) in [7, 11) is -3.57. The fraction of sp³-hybridized carbons (Fsp3) is 0.364. The monoisotopic (exact) mass is 369 g/mol. The molecule has 0 aliphatic heterocycles. The number of hydrogen-bond donors (Lipinski definition) is 0. The van der Waals surface area contributed by atoms with Crippen molar-refractivity contribution in [1.29, 1.82) is 0 Å². The number of hydrogen-bond acceptors (Lipinski definition) is 2. The topological polar surface area (TPSA) is 39.1 Å². The summed E-state index contributed by atoms with van der Waals surface area (Å²) < 4.78 is 27.5. The Morgan fingerprint density at radius 1 is 0.846 bits per heavy atom. The van der Waals surface area contributed by atoms with Crippen molar-refractivity contribution in [2.75, 3.05) is 0 Å². The minimum Gasteiger partial charge on any atom is -0.241 e. The summed E-state index contributed by atoms with van der Waals surface area (Å²) in [4.78, 5) is 0.363. The van der Waals surface area contributed by atoms with E-state index in [1.807, 2.05) is 48.5 Å². The Balaban J connectivity index is 1.74. The molecule has 0 bridgehead atoms. The largest absolute Gasteiger partial charge is 0.268 e. The second kappa shape index (κ2) is 8.54. The molecule has 0 N–H and O–H groups in total. The maximum Gasteiger partial charge on any atom is 0.268 e. The lowest BCUT2D eigenvalue weighted by atomic mass is 10.1. The third kappa shape index (κ3) is 4.18. The Labute approximate surface area is 156 Å². The molecule has 0 spiro atoms. The Morgan fingerprint density at radius 2 is 1.62 bits per heavy atom. The first-order chi connectivity index (χ1) is 12.6. The van der Waals surface area contributed by atoms with Crippen molar-refractivity contribution in [1.82, 2.24) is 3.97 Å². The number of fused-ring (bicyclic) bond motifs is 1. The van der Waals surface area contributed by atoms with Gasteiger partial charge in [-0.1, -0.05) is 69.4 Å². The maximum absolute atomic E-state index is 13.1. The van der Waals surface area contributed by atoms with Crippen LogP contribution in [-0.2, 0) is 16.4 Å². The quantitative estimate of drug-likeness (QED) is 0.448. The van der Waals surface area contributed by atoms with Gasteiger partial charge in [0.05, 0.1) is 10.4 Å². The van der Waals surface area contributed by atoms with Gasteiger partial charge in [-0.05, 0) is 42.7 Å². The van der Waals surface area contributed by atoms with Crippen LogP contribution in [0.3, 0.4) is 0 Å². The zero-order valence-corrected chi connectivity index (χ0v) is 16.2. The normalized spacial score (nSPS) is 11.9. The van der Waals surface area contributed by atoms with E-state index >= 15 is 0 Å². The number of aromatic nitrogens is 1. The highest BCUT2D eigenvalue weighted by Gasteiger charge is 2.18. The van der Waals surface area contributed by atoms with Crippen molar-refractivity contribution in [2.45, 2.75) is 56.8 Å². The van der Waals surface area contributed by atoms with Crippen molar-refractivity contribution in [3.8, 4) is 0 Å². The SMILES string of the molecule is CCCCCCCCc1cccc(S(=O)(=O)n2ccc3ccccc32)c1. The average Bonchev–Trinajstić information content (AvgIpc) is 3.10.